The summed E-state index contributed by atoms with van der Waals surface area (Å²) in [6.07, 6.45) is 1.97. The Bertz CT molecular complexity index is 1250. The molecule has 9 nitrogen and oxygen atoms in total. The van der Waals surface area contributed by atoms with E-state index in [2.05, 4.69) is 54.7 Å². The van der Waals surface area contributed by atoms with E-state index in [0.717, 1.165) is 18.4 Å². The van der Waals surface area contributed by atoms with E-state index in [9.17, 15) is 10.1 Å². The van der Waals surface area contributed by atoms with Gasteiger partial charge in [-0.2, -0.15) is 5.10 Å². The number of likely N-dealkylation sites (N-methyl/N-ethyl adjacent to an activating group) is 1. The first-order valence-corrected chi connectivity index (χ1v) is 13.0. The predicted octanol–water partition coefficient (Wildman–Crippen LogP) is 5.16. The molecule has 1 atom stereocenters. The zero-order valence-corrected chi connectivity index (χ0v) is 20.8. The lowest BCUT2D eigenvalue weighted by Crippen LogP contribution is -2.37. The number of nitrogens with zero attached hydrogens (tertiary/aromatic N) is 6. The van der Waals surface area contributed by atoms with Crippen molar-refractivity contribution in [1.82, 2.24) is 9.45 Å². The fraction of sp³-hybridized carbons (Fsp3) is 0.375. The molecule has 0 amide bonds. The average molecular weight is 481 g/mol. The molecule has 178 valence electrons. The molecule has 3 aliphatic rings. The SMILES string of the molecule is CN1/C(=C2/C=NN(C)[P@]2(=Nc2ccc([N+](=O)[O-])cc2)N2CCOCC2)C(C)(C)c2ccccc21. The van der Waals surface area contributed by atoms with Crippen molar-refractivity contribution in [3.8, 4) is 0 Å². The highest BCUT2D eigenvalue weighted by Gasteiger charge is 2.48. The minimum Gasteiger partial charge on any atom is -0.379 e. The molecule has 5 rings (SSSR count). The molecule has 10 heteroatoms. The Morgan fingerprint density at radius 3 is 2.41 bits per heavy atom. The van der Waals surface area contributed by atoms with E-state index in [-0.39, 0.29) is 16.0 Å². The molecule has 3 aliphatic heterocycles. The van der Waals surface area contributed by atoms with Gasteiger partial charge in [-0.15, -0.1) is 0 Å². The van der Waals surface area contributed by atoms with E-state index in [1.165, 1.54) is 29.1 Å². The summed E-state index contributed by atoms with van der Waals surface area (Å²) in [5, 5.41) is 17.1. The normalized spacial score (nSPS) is 26.1. The number of morpholine rings is 1. The number of para-hydroxylation sites is 1. The summed E-state index contributed by atoms with van der Waals surface area (Å²) in [5.41, 5.74) is 4.18. The summed E-state index contributed by atoms with van der Waals surface area (Å²) < 4.78 is 15.4. The van der Waals surface area contributed by atoms with Crippen LogP contribution in [0.25, 0.3) is 0 Å². The number of non-ortho nitro benzene ring substituents is 1. The number of ether oxygens (including phenoxy) is 1. The summed E-state index contributed by atoms with van der Waals surface area (Å²) in [5.74, 6) is 0. The lowest BCUT2D eigenvalue weighted by Gasteiger charge is -2.41. The van der Waals surface area contributed by atoms with Crippen LogP contribution in [-0.4, -0.2) is 61.0 Å². The van der Waals surface area contributed by atoms with Gasteiger partial charge in [0.1, 0.15) is 0 Å². The van der Waals surface area contributed by atoms with Crippen LogP contribution in [0, 0.1) is 10.1 Å². The van der Waals surface area contributed by atoms with Crippen molar-refractivity contribution >= 4 is 30.6 Å². The van der Waals surface area contributed by atoms with Gasteiger partial charge in [0.05, 0.1) is 35.4 Å². The molecule has 0 aliphatic carbocycles. The maximum Gasteiger partial charge on any atom is 0.269 e. The fourth-order valence-electron chi connectivity index (χ4n) is 5.25. The van der Waals surface area contributed by atoms with Crippen molar-refractivity contribution in [2.75, 3.05) is 45.3 Å². The topological polar surface area (TPSA) is 86.8 Å². The first-order valence-electron chi connectivity index (χ1n) is 11.3. The van der Waals surface area contributed by atoms with Gasteiger partial charge in [-0.25, -0.2) is 14.2 Å². The number of hydrazone groups is 1. The number of rotatable bonds is 3. The molecule has 0 spiro atoms. The first-order chi connectivity index (χ1) is 16.3. The van der Waals surface area contributed by atoms with Crippen LogP contribution < -0.4 is 4.90 Å². The molecule has 0 N–H and O–H groups in total. The number of nitro groups is 1. The summed E-state index contributed by atoms with van der Waals surface area (Å²) in [6.45, 7) is 7.26. The number of fused-ring (bicyclic) bond motifs is 1. The average Bonchev–Trinajstić information content (AvgIpc) is 3.25. The Hall–Kier alpha value is -3.00. The van der Waals surface area contributed by atoms with Crippen molar-refractivity contribution in [2.24, 2.45) is 9.85 Å². The lowest BCUT2D eigenvalue weighted by molar-refractivity contribution is -0.384. The summed E-state index contributed by atoms with van der Waals surface area (Å²) in [7, 11) is 1.57. The first kappa shape index (κ1) is 22.8. The molecule has 1 fully saturated rings. The van der Waals surface area contributed by atoms with Gasteiger partial charge < -0.3 is 9.64 Å². The Morgan fingerprint density at radius 2 is 1.76 bits per heavy atom. The third-order valence-corrected chi connectivity index (χ3v) is 10.5. The van der Waals surface area contributed by atoms with Crippen LogP contribution in [0.4, 0.5) is 17.1 Å². The lowest BCUT2D eigenvalue weighted by atomic mass is 9.84. The standard InChI is InChI=1S/C24H29N6O3P/c1-24(2)20-7-5-6-8-21(20)27(3)23(24)22-17-25-28(4)34(22,29-13-15-33-16-14-29)26-18-9-11-19(12-10-18)30(31)32/h5-12,17H,13-16H2,1-4H3/b23-22-/t34-/m0/s1. The zero-order valence-electron chi connectivity index (χ0n) is 19.9. The number of hydrogen-bond acceptors (Lipinski definition) is 6. The van der Waals surface area contributed by atoms with E-state index in [4.69, 9.17) is 14.6 Å². The quantitative estimate of drug-likeness (QED) is 0.343. The third kappa shape index (κ3) is 3.38. The number of anilines is 1. The van der Waals surface area contributed by atoms with E-state index in [0.29, 0.717) is 18.9 Å². The van der Waals surface area contributed by atoms with Gasteiger partial charge in [0, 0.05) is 56.1 Å². The molecule has 2 aromatic carbocycles. The molecule has 3 heterocycles. The van der Waals surface area contributed by atoms with Crippen molar-refractivity contribution in [1.29, 1.82) is 0 Å². The Labute approximate surface area is 199 Å². The van der Waals surface area contributed by atoms with Crippen LogP contribution in [-0.2, 0) is 10.2 Å². The van der Waals surface area contributed by atoms with Gasteiger partial charge in [0.15, 0.2) is 7.36 Å². The molecular weight excluding hydrogens is 451 g/mol. The van der Waals surface area contributed by atoms with Crippen LogP contribution in [0.3, 0.4) is 0 Å². The Morgan fingerprint density at radius 1 is 1.09 bits per heavy atom. The minimum atomic E-state index is -2.52. The molecule has 0 aromatic heterocycles. The number of nitro benzene ring substituents is 1. The van der Waals surface area contributed by atoms with Crippen molar-refractivity contribution in [3.05, 3.63) is 75.2 Å². The minimum absolute atomic E-state index is 0.0550. The molecule has 34 heavy (non-hydrogen) atoms. The van der Waals surface area contributed by atoms with Gasteiger partial charge in [0.2, 0.25) is 0 Å². The van der Waals surface area contributed by atoms with Gasteiger partial charge in [-0.3, -0.25) is 10.1 Å². The highest BCUT2D eigenvalue weighted by atomic mass is 31.2. The zero-order chi connectivity index (χ0) is 24.1. The van der Waals surface area contributed by atoms with Gasteiger partial charge >= 0.3 is 0 Å². The fourth-order valence-corrected chi connectivity index (χ4v) is 8.89. The Balaban J connectivity index is 1.76. The molecule has 2 aromatic rings. The second kappa shape index (κ2) is 8.34. The van der Waals surface area contributed by atoms with Crippen LogP contribution >= 0.6 is 7.36 Å². The van der Waals surface area contributed by atoms with Crippen LogP contribution in [0.5, 0.6) is 0 Å². The van der Waals surface area contributed by atoms with Crippen LogP contribution in [0.15, 0.2) is 69.4 Å². The second-order valence-electron chi connectivity index (χ2n) is 9.18. The third-order valence-electron chi connectivity index (χ3n) is 6.88. The van der Waals surface area contributed by atoms with Gasteiger partial charge in [-0.1, -0.05) is 32.0 Å². The highest BCUT2D eigenvalue weighted by molar-refractivity contribution is 7.67. The van der Waals surface area contributed by atoms with Crippen LogP contribution in [0.1, 0.15) is 19.4 Å². The molecule has 0 saturated carbocycles. The largest absolute Gasteiger partial charge is 0.379 e. The van der Waals surface area contributed by atoms with E-state index in [1.807, 2.05) is 18.0 Å². The molecule has 1 saturated heterocycles. The van der Waals surface area contributed by atoms with Gasteiger partial charge in [-0.05, 0) is 23.8 Å². The molecule has 0 bridgehead atoms. The Kier molecular flexibility index (Phi) is 5.59. The van der Waals surface area contributed by atoms with Crippen molar-refractivity contribution < 1.29 is 9.66 Å². The second-order valence-corrected chi connectivity index (χ2v) is 12.1. The maximum atomic E-state index is 11.2. The maximum absolute atomic E-state index is 11.2. The number of benzene rings is 2. The van der Waals surface area contributed by atoms with Gasteiger partial charge in [0.25, 0.3) is 5.69 Å². The predicted molar refractivity (Wildman–Crippen MR) is 136 cm³/mol. The molecular formula is C24H29N6O3P. The smallest absolute Gasteiger partial charge is 0.269 e. The van der Waals surface area contributed by atoms with Crippen molar-refractivity contribution in [2.45, 2.75) is 19.3 Å². The molecule has 0 radical (unpaired) electrons. The summed E-state index contributed by atoms with van der Waals surface area (Å²) in [4.78, 5) is 13.1. The highest BCUT2D eigenvalue weighted by Crippen LogP contribution is 2.69. The van der Waals surface area contributed by atoms with E-state index in [1.54, 1.807) is 12.1 Å². The van der Waals surface area contributed by atoms with Crippen molar-refractivity contribution in [3.63, 3.8) is 0 Å². The summed E-state index contributed by atoms with van der Waals surface area (Å²) >= 11 is 0. The monoisotopic (exact) mass is 480 g/mol. The molecule has 0 unspecified atom stereocenters. The number of allylic oxidation sites excluding steroid dienone is 2. The van der Waals surface area contributed by atoms with E-state index < -0.39 is 7.36 Å². The van der Waals surface area contributed by atoms with Crippen LogP contribution in [0.2, 0.25) is 0 Å². The summed E-state index contributed by atoms with van der Waals surface area (Å²) in [6, 6.07) is 15.0. The van der Waals surface area contributed by atoms with E-state index >= 15 is 0 Å². The number of hydrogen-bond donors (Lipinski definition) is 0.